The van der Waals surface area contributed by atoms with E-state index in [1.807, 2.05) is 19.9 Å². The number of H-pyrrole nitrogens is 1. The first-order valence-corrected chi connectivity index (χ1v) is 9.23. The number of hydrogen-bond donors (Lipinski definition) is 3. The van der Waals surface area contributed by atoms with Crippen LogP contribution >= 0.6 is 0 Å². The fourth-order valence-corrected chi connectivity index (χ4v) is 2.69. The van der Waals surface area contributed by atoms with E-state index in [-0.39, 0.29) is 11.6 Å². The Kier molecular flexibility index (Phi) is 6.23. The summed E-state index contributed by atoms with van der Waals surface area (Å²) in [5, 5.41) is 12.7. The van der Waals surface area contributed by atoms with Crippen LogP contribution < -0.4 is 10.6 Å². The van der Waals surface area contributed by atoms with Crippen LogP contribution in [0.3, 0.4) is 0 Å². The Morgan fingerprint density at radius 1 is 1.07 bits per heavy atom. The summed E-state index contributed by atoms with van der Waals surface area (Å²) in [6, 6.07) is 13.8. The first-order valence-electron chi connectivity index (χ1n) is 9.23. The van der Waals surface area contributed by atoms with Crippen LogP contribution in [0.25, 0.3) is 10.9 Å². The molecular formula is C21H22N4O4. The van der Waals surface area contributed by atoms with E-state index in [2.05, 4.69) is 20.8 Å². The molecular weight excluding hydrogens is 372 g/mol. The van der Waals surface area contributed by atoms with Gasteiger partial charge in [-0.15, -0.1) is 0 Å². The van der Waals surface area contributed by atoms with Crippen LogP contribution in [0, 0.1) is 5.92 Å². The Labute approximate surface area is 167 Å². The highest BCUT2D eigenvalue weighted by atomic mass is 16.5. The van der Waals surface area contributed by atoms with Gasteiger partial charge in [-0.05, 0) is 24.1 Å². The van der Waals surface area contributed by atoms with Gasteiger partial charge in [0, 0.05) is 11.9 Å². The molecule has 29 heavy (non-hydrogen) atoms. The first kappa shape index (κ1) is 20.1. The average Bonchev–Trinajstić information content (AvgIpc) is 3.15. The fourth-order valence-electron chi connectivity index (χ4n) is 2.69. The third kappa shape index (κ3) is 4.98. The van der Waals surface area contributed by atoms with E-state index >= 15 is 0 Å². The first-order chi connectivity index (χ1) is 14.0. The lowest BCUT2D eigenvalue weighted by atomic mass is 10.1. The number of carbonyl (C=O) groups excluding carboxylic acids is 3. The molecule has 0 saturated carbocycles. The number of carbonyl (C=O) groups is 3. The zero-order valence-corrected chi connectivity index (χ0v) is 16.2. The van der Waals surface area contributed by atoms with Gasteiger partial charge in [-0.3, -0.25) is 14.7 Å². The van der Waals surface area contributed by atoms with Crippen molar-refractivity contribution in [3.05, 3.63) is 59.8 Å². The van der Waals surface area contributed by atoms with Crippen molar-refractivity contribution in [1.29, 1.82) is 0 Å². The van der Waals surface area contributed by atoms with Crippen LogP contribution in [-0.4, -0.2) is 41.1 Å². The van der Waals surface area contributed by atoms with Crippen molar-refractivity contribution in [2.45, 2.75) is 13.8 Å². The summed E-state index contributed by atoms with van der Waals surface area (Å²) in [5.41, 5.74) is 1.50. The summed E-state index contributed by atoms with van der Waals surface area (Å²) in [6.45, 7) is 4.01. The van der Waals surface area contributed by atoms with Gasteiger partial charge in [-0.1, -0.05) is 44.2 Å². The predicted molar refractivity (Wildman–Crippen MR) is 109 cm³/mol. The van der Waals surface area contributed by atoms with Crippen LogP contribution in [-0.2, 0) is 9.53 Å². The number of aromatic nitrogens is 2. The van der Waals surface area contributed by atoms with Gasteiger partial charge >= 0.3 is 5.97 Å². The van der Waals surface area contributed by atoms with E-state index in [1.165, 1.54) is 0 Å². The molecule has 3 rings (SSSR count). The number of hydrogen-bond acceptors (Lipinski definition) is 5. The minimum atomic E-state index is -0.708. The van der Waals surface area contributed by atoms with Gasteiger partial charge in [0.25, 0.3) is 11.8 Å². The van der Waals surface area contributed by atoms with Gasteiger partial charge in [0.05, 0.1) is 16.8 Å². The van der Waals surface area contributed by atoms with Crippen molar-refractivity contribution in [3.8, 4) is 0 Å². The lowest BCUT2D eigenvalue weighted by Crippen LogP contribution is -2.29. The summed E-state index contributed by atoms with van der Waals surface area (Å²) in [4.78, 5) is 36.8. The van der Waals surface area contributed by atoms with E-state index in [1.54, 1.807) is 42.5 Å². The Bertz CT molecular complexity index is 1040. The van der Waals surface area contributed by atoms with Crippen LogP contribution in [0.2, 0.25) is 0 Å². The van der Waals surface area contributed by atoms with Gasteiger partial charge in [0.15, 0.2) is 12.3 Å². The zero-order chi connectivity index (χ0) is 20.8. The summed E-state index contributed by atoms with van der Waals surface area (Å²) >= 11 is 0. The van der Waals surface area contributed by atoms with Crippen LogP contribution in [0.4, 0.5) is 5.69 Å². The highest BCUT2D eigenvalue weighted by molar-refractivity contribution is 6.05. The summed E-state index contributed by atoms with van der Waals surface area (Å²) in [6.07, 6.45) is 0. The minimum absolute atomic E-state index is 0.113. The molecule has 0 aliphatic carbocycles. The maximum Gasteiger partial charge on any atom is 0.359 e. The van der Waals surface area contributed by atoms with Crippen molar-refractivity contribution in [1.82, 2.24) is 15.5 Å². The van der Waals surface area contributed by atoms with Gasteiger partial charge < -0.3 is 15.4 Å². The molecule has 3 aromatic rings. The average molecular weight is 394 g/mol. The zero-order valence-electron chi connectivity index (χ0n) is 16.2. The highest BCUT2D eigenvalue weighted by Crippen LogP contribution is 2.17. The van der Waals surface area contributed by atoms with Crippen molar-refractivity contribution < 1.29 is 19.1 Å². The Morgan fingerprint density at radius 3 is 2.59 bits per heavy atom. The van der Waals surface area contributed by atoms with Crippen LogP contribution in [0.5, 0.6) is 0 Å². The summed E-state index contributed by atoms with van der Waals surface area (Å²) in [5.74, 6) is -1.24. The molecule has 0 bridgehead atoms. The minimum Gasteiger partial charge on any atom is -0.451 e. The number of anilines is 1. The summed E-state index contributed by atoms with van der Waals surface area (Å²) in [7, 11) is 0. The molecule has 0 atom stereocenters. The third-order valence-corrected chi connectivity index (χ3v) is 4.11. The number of nitrogens with zero attached hydrogens (tertiary/aromatic N) is 1. The normalized spacial score (nSPS) is 10.7. The molecule has 2 aromatic carbocycles. The van der Waals surface area contributed by atoms with E-state index in [9.17, 15) is 14.4 Å². The van der Waals surface area contributed by atoms with Crippen molar-refractivity contribution in [3.63, 3.8) is 0 Å². The Morgan fingerprint density at radius 2 is 1.79 bits per heavy atom. The number of amides is 2. The van der Waals surface area contributed by atoms with Crippen molar-refractivity contribution in [2.24, 2.45) is 5.92 Å². The van der Waals surface area contributed by atoms with Gasteiger partial charge in [0.1, 0.15) is 0 Å². The molecule has 3 N–H and O–H groups in total. The molecule has 8 heteroatoms. The van der Waals surface area contributed by atoms with E-state index in [0.29, 0.717) is 34.6 Å². The Hall–Kier alpha value is -3.68. The fraction of sp³-hybridized carbons (Fsp3) is 0.238. The lowest BCUT2D eigenvalue weighted by molar-refractivity contribution is -0.119. The third-order valence-electron chi connectivity index (χ3n) is 4.11. The molecule has 2 amide bonds. The highest BCUT2D eigenvalue weighted by Gasteiger charge is 2.18. The number of fused-ring (bicyclic) bond motifs is 1. The molecule has 150 valence electrons. The molecule has 0 radical (unpaired) electrons. The predicted octanol–water partition coefficient (Wildman–Crippen LogP) is 2.74. The maximum absolute atomic E-state index is 12.3. The molecule has 1 heterocycles. The molecule has 8 nitrogen and oxygen atoms in total. The molecule has 0 aliphatic rings. The van der Waals surface area contributed by atoms with Gasteiger partial charge in [-0.2, -0.15) is 5.10 Å². The maximum atomic E-state index is 12.3. The van der Waals surface area contributed by atoms with Crippen molar-refractivity contribution >= 4 is 34.4 Å². The second-order valence-corrected chi connectivity index (χ2v) is 6.89. The molecule has 0 unspecified atom stereocenters. The molecule has 0 spiro atoms. The lowest BCUT2D eigenvalue weighted by Gasteiger charge is -2.12. The number of para-hydroxylation sites is 2. The van der Waals surface area contributed by atoms with Gasteiger partial charge in [0.2, 0.25) is 0 Å². The van der Waals surface area contributed by atoms with Gasteiger partial charge in [-0.25, -0.2) is 4.79 Å². The number of nitrogens with one attached hydrogen (secondary N) is 3. The summed E-state index contributed by atoms with van der Waals surface area (Å²) < 4.78 is 5.07. The largest absolute Gasteiger partial charge is 0.451 e. The SMILES string of the molecule is CC(C)CNC(=O)c1ccccc1NC(=O)COC(=O)c1n[nH]c2ccccc12. The molecule has 0 fully saturated rings. The van der Waals surface area contributed by atoms with Crippen LogP contribution in [0.1, 0.15) is 34.7 Å². The molecule has 0 saturated heterocycles. The quantitative estimate of drug-likeness (QED) is 0.533. The van der Waals surface area contributed by atoms with E-state index < -0.39 is 18.5 Å². The monoisotopic (exact) mass is 394 g/mol. The van der Waals surface area contributed by atoms with Crippen LogP contribution in [0.15, 0.2) is 48.5 Å². The number of aromatic amines is 1. The number of benzene rings is 2. The van der Waals surface area contributed by atoms with Crippen molar-refractivity contribution in [2.75, 3.05) is 18.5 Å². The number of ether oxygens (including phenoxy) is 1. The van der Waals surface area contributed by atoms with E-state index in [4.69, 9.17) is 4.74 Å². The smallest absolute Gasteiger partial charge is 0.359 e. The molecule has 1 aromatic heterocycles. The Balaban J connectivity index is 1.61. The standard InChI is InChI=1S/C21H22N4O4/c1-13(2)11-22-20(27)15-8-4-5-9-16(15)23-18(26)12-29-21(28)19-14-7-3-6-10-17(14)24-25-19/h3-10,13H,11-12H2,1-2H3,(H,22,27)(H,23,26)(H,24,25). The van der Waals surface area contributed by atoms with E-state index in [0.717, 1.165) is 0 Å². The number of rotatable bonds is 7. The topological polar surface area (TPSA) is 113 Å². The number of esters is 1. The second-order valence-electron chi connectivity index (χ2n) is 6.89. The second kappa shape index (κ2) is 9.01. The molecule has 0 aliphatic heterocycles.